The fourth-order valence-corrected chi connectivity index (χ4v) is 7.91. The van der Waals surface area contributed by atoms with E-state index in [0.29, 0.717) is 34.8 Å². The van der Waals surface area contributed by atoms with E-state index >= 15 is 0 Å². The van der Waals surface area contributed by atoms with Crippen LogP contribution in [0.2, 0.25) is 20.1 Å². The topological polar surface area (TPSA) is 150 Å². The molecule has 0 atom stereocenters. The number of nitrogens with one attached hydrogen (secondary N) is 4. The molecule has 0 fully saturated rings. The average Bonchev–Trinajstić information content (AvgIpc) is 3.51. The number of pyridine rings is 1. The minimum Gasteiger partial charge on any atom is -0.473 e. The Morgan fingerprint density at radius 1 is 0.627 bits per heavy atom. The lowest BCUT2D eigenvalue weighted by molar-refractivity contribution is 0.0888. The number of carbonyl (C=O) groups excluding carboxylic acids is 2. The zero-order valence-electron chi connectivity index (χ0n) is 33.5. The van der Waals surface area contributed by atoms with Gasteiger partial charge in [-0.1, -0.05) is 92.3 Å². The number of hydrogen-bond acceptors (Lipinski definition) is 13. The van der Waals surface area contributed by atoms with Crippen LogP contribution in [0.3, 0.4) is 0 Å². The molecule has 1 aliphatic carbocycles. The van der Waals surface area contributed by atoms with Crippen LogP contribution in [-0.2, 0) is 0 Å². The van der Waals surface area contributed by atoms with E-state index in [1.165, 1.54) is 0 Å². The summed E-state index contributed by atoms with van der Waals surface area (Å²) in [7, 11) is 0. The fourth-order valence-electron chi connectivity index (χ4n) is 6.87. The van der Waals surface area contributed by atoms with E-state index in [0.717, 1.165) is 76.3 Å². The maximum Gasteiger partial charge on any atom is 0.233 e. The lowest BCUT2D eigenvalue weighted by atomic mass is 9.98. The summed E-state index contributed by atoms with van der Waals surface area (Å²) in [4.78, 5) is 50.6. The maximum absolute atomic E-state index is 13.6. The number of rotatable bonds is 21. The molecule has 2 heterocycles. The number of ketones is 2. The highest BCUT2D eigenvalue weighted by Crippen LogP contribution is 2.48. The molecule has 59 heavy (non-hydrogen) atoms. The Bertz CT molecular complexity index is 2190. The van der Waals surface area contributed by atoms with Crippen molar-refractivity contribution in [3.8, 4) is 5.75 Å². The number of aromatic nitrogens is 4. The number of carbonyl (C=O) groups is 2. The van der Waals surface area contributed by atoms with Crippen LogP contribution < -0.4 is 26.0 Å². The van der Waals surface area contributed by atoms with E-state index in [1.807, 2.05) is 42.5 Å². The standard InChI is InChI=1S/C42H48Cl4N10O3/c1-5-55(6-2)22-10-20-47-40-52-41(48-21-11-23-56(7-3)8-4)54-42(53-40)50-26-15-17-27(18-16-26)59-24-49-29-13-9-12-25-14-19-28(51-37(25)29)30-38(57)31-32(39(30)58)34(44)36(46)35(45)33(31)43/h9,12-19,30,49H,5-8,10-11,20-24H2,1-4H3,(H3,47,48,50,52,53,54). The van der Waals surface area contributed by atoms with Crippen molar-refractivity contribution in [2.45, 2.75) is 46.5 Å². The molecule has 312 valence electrons. The fraction of sp³-hybridized carbons (Fsp3) is 0.381. The number of anilines is 5. The van der Waals surface area contributed by atoms with Crippen LogP contribution in [0.1, 0.15) is 72.9 Å². The Hall–Kier alpha value is -4.50. The first-order chi connectivity index (χ1) is 28.6. The van der Waals surface area contributed by atoms with Crippen LogP contribution in [0.25, 0.3) is 10.9 Å². The minimum absolute atomic E-state index is 0.0467. The number of fused-ring (bicyclic) bond motifs is 2. The first-order valence-corrected chi connectivity index (χ1v) is 21.3. The van der Waals surface area contributed by atoms with Crippen molar-refractivity contribution in [1.82, 2.24) is 29.7 Å². The van der Waals surface area contributed by atoms with Gasteiger partial charge < -0.3 is 35.8 Å². The summed E-state index contributed by atoms with van der Waals surface area (Å²) in [6.45, 7) is 16.3. The molecule has 13 nitrogen and oxygen atoms in total. The molecule has 0 bridgehead atoms. The van der Waals surface area contributed by atoms with Crippen molar-refractivity contribution in [3.05, 3.63) is 91.5 Å². The van der Waals surface area contributed by atoms with E-state index in [-0.39, 0.29) is 43.6 Å². The third-order valence-electron chi connectivity index (χ3n) is 10.2. The zero-order valence-corrected chi connectivity index (χ0v) is 36.5. The van der Waals surface area contributed by atoms with Gasteiger partial charge in [-0.2, -0.15) is 15.0 Å². The van der Waals surface area contributed by atoms with Gasteiger partial charge in [-0.15, -0.1) is 0 Å². The number of Topliss-reactive ketones (excluding diaryl/α,β-unsaturated/α-hetero) is 2. The van der Waals surface area contributed by atoms with E-state index in [4.69, 9.17) is 56.1 Å². The average molecular weight is 883 g/mol. The van der Waals surface area contributed by atoms with Crippen LogP contribution in [0, 0.1) is 0 Å². The molecule has 4 N–H and O–H groups in total. The predicted molar refractivity (Wildman–Crippen MR) is 240 cm³/mol. The van der Waals surface area contributed by atoms with Crippen molar-refractivity contribution < 1.29 is 14.3 Å². The quantitative estimate of drug-likeness (QED) is 0.0182. The molecule has 0 saturated heterocycles. The largest absolute Gasteiger partial charge is 0.473 e. The van der Waals surface area contributed by atoms with E-state index in [2.05, 4.69) is 73.7 Å². The van der Waals surface area contributed by atoms with Gasteiger partial charge >= 0.3 is 0 Å². The molecular weight excluding hydrogens is 834 g/mol. The van der Waals surface area contributed by atoms with Crippen molar-refractivity contribution in [3.63, 3.8) is 0 Å². The molecule has 0 radical (unpaired) electrons. The Kier molecular flexibility index (Phi) is 15.4. The van der Waals surface area contributed by atoms with E-state index < -0.39 is 17.5 Å². The molecule has 0 aliphatic heterocycles. The summed E-state index contributed by atoms with van der Waals surface area (Å²) < 4.78 is 6.04. The molecule has 1 aliphatic rings. The Balaban J connectivity index is 1.10. The predicted octanol–water partition coefficient (Wildman–Crippen LogP) is 9.68. The van der Waals surface area contributed by atoms with Gasteiger partial charge in [0.1, 0.15) is 11.7 Å². The lowest BCUT2D eigenvalue weighted by Gasteiger charge is -2.18. The molecule has 2 aromatic heterocycles. The molecule has 6 rings (SSSR count). The zero-order chi connectivity index (χ0) is 42.1. The Morgan fingerprint density at radius 3 is 1.71 bits per heavy atom. The van der Waals surface area contributed by atoms with Crippen LogP contribution in [0.4, 0.5) is 29.2 Å². The third kappa shape index (κ3) is 10.5. The highest BCUT2D eigenvalue weighted by molar-refractivity contribution is 6.55. The molecule has 0 spiro atoms. The number of halogens is 4. The van der Waals surface area contributed by atoms with Crippen molar-refractivity contribution >= 4 is 98.1 Å². The Labute approximate surface area is 364 Å². The van der Waals surface area contributed by atoms with Crippen molar-refractivity contribution in [1.29, 1.82) is 0 Å². The van der Waals surface area contributed by atoms with Crippen molar-refractivity contribution in [2.75, 3.05) is 80.4 Å². The number of hydrogen-bond donors (Lipinski definition) is 4. The van der Waals surface area contributed by atoms with Gasteiger partial charge in [0.15, 0.2) is 18.3 Å². The number of nitrogens with zero attached hydrogens (tertiary/aromatic N) is 6. The maximum atomic E-state index is 13.6. The Morgan fingerprint density at radius 2 is 1.17 bits per heavy atom. The van der Waals surface area contributed by atoms with Gasteiger partial charge in [0.25, 0.3) is 0 Å². The minimum atomic E-state index is -1.25. The van der Waals surface area contributed by atoms with E-state index in [1.54, 1.807) is 12.1 Å². The van der Waals surface area contributed by atoms with Crippen LogP contribution >= 0.6 is 46.4 Å². The monoisotopic (exact) mass is 880 g/mol. The van der Waals surface area contributed by atoms with Gasteiger partial charge in [0, 0.05) is 24.2 Å². The first kappa shape index (κ1) is 44.1. The molecule has 3 aromatic carbocycles. The second kappa shape index (κ2) is 20.7. The first-order valence-electron chi connectivity index (χ1n) is 19.8. The number of para-hydroxylation sites is 1. The highest BCUT2D eigenvalue weighted by Gasteiger charge is 2.45. The second-order valence-electron chi connectivity index (χ2n) is 13.8. The molecule has 0 saturated carbocycles. The van der Waals surface area contributed by atoms with E-state index in [9.17, 15) is 9.59 Å². The summed E-state index contributed by atoms with van der Waals surface area (Å²) >= 11 is 25.2. The smallest absolute Gasteiger partial charge is 0.233 e. The number of ether oxygens (including phenoxy) is 1. The van der Waals surface area contributed by atoms with Crippen LogP contribution in [0.5, 0.6) is 5.75 Å². The summed E-state index contributed by atoms with van der Waals surface area (Å²) in [5, 5.41) is 13.7. The van der Waals surface area contributed by atoms with Gasteiger partial charge in [0.05, 0.1) is 48.1 Å². The highest BCUT2D eigenvalue weighted by atomic mass is 35.5. The summed E-state index contributed by atoms with van der Waals surface area (Å²) in [5.74, 6) is -0.287. The van der Waals surface area contributed by atoms with Crippen LogP contribution in [-0.4, -0.2) is 100 Å². The normalized spacial score (nSPS) is 12.8. The molecular formula is C42H48Cl4N10O3. The van der Waals surface area contributed by atoms with Gasteiger partial charge in [-0.3, -0.25) is 9.59 Å². The molecule has 0 unspecified atom stereocenters. The van der Waals surface area contributed by atoms with Gasteiger partial charge in [-0.05, 0) is 88.5 Å². The third-order valence-corrected chi connectivity index (χ3v) is 12.0. The SMILES string of the molecule is CCN(CC)CCCNc1nc(NCCCN(CC)CC)nc(Nc2ccc(OCNc3cccc4ccc(C5C(=O)c6c(Cl)c(Cl)c(Cl)c(Cl)c6C5=O)nc34)cc2)n1. The molecule has 17 heteroatoms. The summed E-state index contributed by atoms with van der Waals surface area (Å²) in [6.07, 6.45) is 1.93. The lowest BCUT2D eigenvalue weighted by Crippen LogP contribution is -2.26. The van der Waals surface area contributed by atoms with Gasteiger partial charge in [-0.25, -0.2) is 4.98 Å². The second-order valence-corrected chi connectivity index (χ2v) is 15.3. The summed E-state index contributed by atoms with van der Waals surface area (Å²) in [5.41, 5.74) is 2.11. The van der Waals surface area contributed by atoms with Crippen LogP contribution in [0.15, 0.2) is 54.6 Å². The summed E-state index contributed by atoms with van der Waals surface area (Å²) in [6, 6.07) is 16.5. The van der Waals surface area contributed by atoms with Gasteiger partial charge in [0.2, 0.25) is 17.8 Å². The van der Waals surface area contributed by atoms with Crippen molar-refractivity contribution in [2.24, 2.45) is 0 Å². The number of benzene rings is 3. The molecule has 0 amide bonds. The molecule has 5 aromatic rings.